The number of hydrogen-bond acceptors (Lipinski definition) is 5. The van der Waals surface area contributed by atoms with Crippen LogP contribution in [0.1, 0.15) is 22.3 Å². The van der Waals surface area contributed by atoms with Gasteiger partial charge in [-0.2, -0.15) is 0 Å². The number of rotatable bonds is 4. The number of anilines is 1. The molecule has 0 unspecified atom stereocenters. The molecule has 1 N–H and O–H groups in total. The molecule has 0 radical (unpaired) electrons. The van der Waals surface area contributed by atoms with Crippen LogP contribution in [-0.4, -0.2) is 44.9 Å². The molecule has 0 saturated heterocycles. The van der Waals surface area contributed by atoms with E-state index in [1.54, 1.807) is 0 Å². The molecule has 8 heteroatoms. The lowest BCUT2D eigenvalue weighted by molar-refractivity contribution is -0.137. The van der Waals surface area contributed by atoms with Crippen molar-refractivity contribution < 1.29 is 27.9 Å². The molecular weight excluding hydrogens is 298 g/mol. The van der Waals surface area contributed by atoms with Crippen molar-refractivity contribution in [1.82, 2.24) is 0 Å². The molecule has 0 aliphatic carbocycles. The summed E-state index contributed by atoms with van der Waals surface area (Å²) in [6.07, 6.45) is 1.16. The molecular formula is C13H15NO6S. The van der Waals surface area contributed by atoms with Gasteiger partial charge in [-0.1, -0.05) is 0 Å². The molecule has 0 atom stereocenters. The molecule has 1 heterocycles. The lowest BCUT2D eigenvalue weighted by atomic mass is 10.0. The van der Waals surface area contributed by atoms with Crippen LogP contribution in [-0.2, 0) is 26.0 Å². The highest BCUT2D eigenvalue weighted by molar-refractivity contribution is 7.93. The molecule has 2 rings (SSSR count). The van der Waals surface area contributed by atoms with Crippen LogP contribution < -0.4 is 4.31 Å². The van der Waals surface area contributed by atoms with E-state index in [4.69, 9.17) is 5.11 Å². The molecule has 0 amide bonds. The van der Waals surface area contributed by atoms with E-state index in [2.05, 4.69) is 4.74 Å². The van der Waals surface area contributed by atoms with E-state index in [9.17, 15) is 18.0 Å². The fourth-order valence-corrected chi connectivity index (χ4v) is 3.73. The number of sulfonamides is 1. The van der Waals surface area contributed by atoms with Gasteiger partial charge in [0, 0.05) is 6.54 Å². The van der Waals surface area contributed by atoms with Gasteiger partial charge in [-0.25, -0.2) is 13.2 Å². The van der Waals surface area contributed by atoms with E-state index in [0.717, 1.165) is 11.4 Å². The van der Waals surface area contributed by atoms with E-state index in [1.165, 1.54) is 18.2 Å². The van der Waals surface area contributed by atoms with Gasteiger partial charge < -0.3 is 9.84 Å². The Labute approximate surface area is 122 Å². The normalized spacial score (nSPS) is 14.4. The summed E-state index contributed by atoms with van der Waals surface area (Å²) < 4.78 is 30.0. The minimum atomic E-state index is -3.83. The number of carboxylic acids is 1. The monoisotopic (exact) mass is 313 g/mol. The van der Waals surface area contributed by atoms with Gasteiger partial charge in [0.25, 0.3) is 0 Å². The molecule has 114 valence electrons. The molecule has 0 saturated carbocycles. The zero-order chi connectivity index (χ0) is 15.6. The number of esters is 1. The smallest absolute Gasteiger partial charge is 0.335 e. The SMILES string of the molecule is COC(=O)CS(=O)(=O)N1CCCc2cc(C(=O)O)ccc21. The number of nitrogens with zero attached hydrogens (tertiary/aromatic N) is 1. The molecule has 1 aromatic rings. The predicted molar refractivity (Wildman–Crippen MR) is 74.9 cm³/mol. The van der Waals surface area contributed by atoms with Crippen LogP contribution in [0.2, 0.25) is 0 Å². The number of carbonyl (C=O) groups is 2. The van der Waals surface area contributed by atoms with E-state index in [0.29, 0.717) is 24.1 Å². The van der Waals surface area contributed by atoms with E-state index in [1.807, 2.05) is 0 Å². The summed E-state index contributed by atoms with van der Waals surface area (Å²) >= 11 is 0. The number of aromatic carboxylic acids is 1. The molecule has 21 heavy (non-hydrogen) atoms. The Morgan fingerprint density at radius 1 is 1.38 bits per heavy atom. The Kier molecular flexibility index (Phi) is 4.17. The summed E-state index contributed by atoms with van der Waals surface area (Å²) in [5.74, 6) is -2.62. The first kappa shape index (κ1) is 15.3. The molecule has 0 spiro atoms. The highest BCUT2D eigenvalue weighted by Crippen LogP contribution is 2.30. The number of carbonyl (C=O) groups excluding carboxylic acids is 1. The van der Waals surface area contributed by atoms with Gasteiger partial charge in [0.05, 0.1) is 18.4 Å². The molecule has 0 bridgehead atoms. The summed E-state index contributed by atoms with van der Waals surface area (Å²) in [7, 11) is -2.70. The standard InChI is InChI=1S/C13H15NO6S/c1-20-12(15)8-21(18,19)14-6-2-3-9-7-10(13(16)17)4-5-11(9)14/h4-5,7H,2-3,6,8H2,1H3,(H,16,17). The number of aryl methyl sites for hydroxylation is 1. The largest absolute Gasteiger partial charge is 0.478 e. The van der Waals surface area contributed by atoms with Crippen LogP contribution in [0.15, 0.2) is 18.2 Å². The van der Waals surface area contributed by atoms with Crippen molar-refractivity contribution in [3.63, 3.8) is 0 Å². The Morgan fingerprint density at radius 2 is 2.10 bits per heavy atom. The summed E-state index contributed by atoms with van der Waals surface area (Å²) in [5.41, 5.74) is 1.19. The molecule has 7 nitrogen and oxygen atoms in total. The van der Waals surface area contributed by atoms with Gasteiger partial charge >= 0.3 is 11.9 Å². The Morgan fingerprint density at radius 3 is 2.71 bits per heavy atom. The number of ether oxygens (including phenoxy) is 1. The third-order valence-electron chi connectivity index (χ3n) is 3.27. The van der Waals surface area contributed by atoms with Crippen molar-refractivity contribution in [1.29, 1.82) is 0 Å². The second kappa shape index (κ2) is 5.72. The fraction of sp³-hybridized carbons (Fsp3) is 0.385. The number of fused-ring (bicyclic) bond motifs is 1. The van der Waals surface area contributed by atoms with Crippen LogP contribution in [0, 0.1) is 0 Å². The second-order valence-electron chi connectivity index (χ2n) is 4.66. The van der Waals surface area contributed by atoms with Crippen LogP contribution in [0.5, 0.6) is 0 Å². The molecule has 0 fully saturated rings. The summed E-state index contributed by atoms with van der Waals surface area (Å²) in [6, 6.07) is 4.29. The van der Waals surface area contributed by atoms with Gasteiger partial charge in [0.15, 0.2) is 5.75 Å². The maximum absolute atomic E-state index is 12.2. The highest BCUT2D eigenvalue weighted by atomic mass is 32.2. The first-order valence-electron chi connectivity index (χ1n) is 6.28. The average Bonchev–Trinajstić information content (AvgIpc) is 2.45. The maximum Gasteiger partial charge on any atom is 0.335 e. The third kappa shape index (κ3) is 3.15. The Hall–Kier alpha value is -2.09. The van der Waals surface area contributed by atoms with E-state index < -0.39 is 27.7 Å². The molecule has 1 aliphatic heterocycles. The predicted octanol–water partition coefficient (Wildman–Crippen LogP) is 0.640. The van der Waals surface area contributed by atoms with Crippen LogP contribution in [0.4, 0.5) is 5.69 Å². The van der Waals surface area contributed by atoms with Gasteiger partial charge in [0.2, 0.25) is 10.0 Å². The molecule has 0 aromatic heterocycles. The number of benzene rings is 1. The summed E-state index contributed by atoms with van der Waals surface area (Å²) in [6.45, 7) is 0.263. The van der Waals surface area contributed by atoms with Crippen molar-refractivity contribution in [3.05, 3.63) is 29.3 Å². The summed E-state index contributed by atoms with van der Waals surface area (Å²) in [5, 5.41) is 8.97. The van der Waals surface area contributed by atoms with Crippen molar-refractivity contribution in [3.8, 4) is 0 Å². The third-order valence-corrected chi connectivity index (χ3v) is 4.92. The van der Waals surface area contributed by atoms with E-state index in [-0.39, 0.29) is 12.1 Å². The fourth-order valence-electron chi connectivity index (χ4n) is 2.27. The number of carboxylic acid groups (broad SMARTS) is 1. The van der Waals surface area contributed by atoms with Crippen molar-refractivity contribution in [2.45, 2.75) is 12.8 Å². The van der Waals surface area contributed by atoms with Gasteiger partial charge in [0.1, 0.15) is 0 Å². The number of hydrogen-bond donors (Lipinski definition) is 1. The zero-order valence-corrected chi connectivity index (χ0v) is 12.2. The quantitative estimate of drug-likeness (QED) is 0.819. The van der Waals surface area contributed by atoms with Gasteiger partial charge in [-0.15, -0.1) is 0 Å². The Bertz CT molecular complexity index is 682. The second-order valence-corrected chi connectivity index (χ2v) is 6.55. The molecule has 1 aliphatic rings. The lowest BCUT2D eigenvalue weighted by Crippen LogP contribution is -2.39. The van der Waals surface area contributed by atoms with Gasteiger partial charge in [-0.05, 0) is 36.6 Å². The van der Waals surface area contributed by atoms with Crippen molar-refractivity contribution in [2.75, 3.05) is 23.7 Å². The van der Waals surface area contributed by atoms with E-state index >= 15 is 0 Å². The first-order valence-corrected chi connectivity index (χ1v) is 7.89. The van der Waals surface area contributed by atoms with Crippen LogP contribution in [0.25, 0.3) is 0 Å². The zero-order valence-electron chi connectivity index (χ0n) is 11.4. The van der Waals surface area contributed by atoms with Crippen LogP contribution in [0.3, 0.4) is 0 Å². The van der Waals surface area contributed by atoms with Gasteiger partial charge in [-0.3, -0.25) is 9.10 Å². The average molecular weight is 313 g/mol. The highest BCUT2D eigenvalue weighted by Gasteiger charge is 2.30. The van der Waals surface area contributed by atoms with Crippen LogP contribution >= 0.6 is 0 Å². The topological polar surface area (TPSA) is 101 Å². The summed E-state index contributed by atoms with van der Waals surface area (Å²) in [4.78, 5) is 22.2. The van der Waals surface area contributed by atoms with Crippen molar-refractivity contribution >= 4 is 27.6 Å². The maximum atomic E-state index is 12.2. The molecule has 1 aromatic carbocycles. The minimum absolute atomic E-state index is 0.112. The lowest BCUT2D eigenvalue weighted by Gasteiger charge is -2.30. The Balaban J connectivity index is 2.38. The first-order chi connectivity index (χ1) is 9.85. The minimum Gasteiger partial charge on any atom is -0.478 e. The van der Waals surface area contributed by atoms with Crippen molar-refractivity contribution in [2.24, 2.45) is 0 Å². The number of methoxy groups -OCH3 is 1.